The molecule has 0 saturated heterocycles. The van der Waals surface area contributed by atoms with Crippen LogP contribution >= 0.6 is 0 Å². The van der Waals surface area contributed by atoms with E-state index in [1.165, 1.54) is 0 Å². The predicted octanol–water partition coefficient (Wildman–Crippen LogP) is 4.63. The molecule has 2 heterocycles. The van der Waals surface area contributed by atoms with Crippen LogP contribution in [0.4, 0.5) is 0 Å². The summed E-state index contributed by atoms with van der Waals surface area (Å²) >= 11 is 0. The van der Waals surface area contributed by atoms with Crippen LogP contribution in [0.5, 0.6) is 11.5 Å². The maximum absolute atomic E-state index is 12.7. The van der Waals surface area contributed by atoms with E-state index in [2.05, 4.69) is 16.0 Å². The first-order chi connectivity index (χ1) is 13.1. The Balaban J connectivity index is 0.00000225. The van der Waals surface area contributed by atoms with Crippen molar-refractivity contribution in [2.24, 2.45) is 0 Å². The average molecular weight is 376 g/mol. The molecule has 1 N–H and O–H groups in total. The number of aryl methyl sites for hydroxylation is 1. The van der Waals surface area contributed by atoms with Gasteiger partial charge in [-0.25, -0.2) is 0 Å². The first-order valence-electron chi connectivity index (χ1n) is 8.71. The van der Waals surface area contributed by atoms with Gasteiger partial charge >= 0.3 is 0 Å². The number of aromatic amines is 1. The minimum absolute atomic E-state index is 0. The molecule has 2 aromatic carbocycles. The molecule has 0 atom stereocenters. The van der Waals surface area contributed by atoms with E-state index in [1.54, 1.807) is 20.4 Å². The highest BCUT2D eigenvalue weighted by Gasteiger charge is 2.14. The molecule has 0 aliphatic carbocycles. The molecular formula is C23H24N2O3. The molecule has 0 aliphatic rings. The van der Waals surface area contributed by atoms with Gasteiger partial charge in [0.15, 0.2) is 11.5 Å². The molecule has 0 fully saturated rings. The van der Waals surface area contributed by atoms with Crippen LogP contribution in [0.3, 0.4) is 0 Å². The van der Waals surface area contributed by atoms with Crippen molar-refractivity contribution in [3.63, 3.8) is 0 Å². The van der Waals surface area contributed by atoms with Crippen LogP contribution < -0.4 is 15.0 Å². The smallest absolute Gasteiger partial charge is 0.252 e. The van der Waals surface area contributed by atoms with Crippen LogP contribution in [0, 0.1) is 6.92 Å². The first-order valence-corrected chi connectivity index (χ1v) is 8.71. The standard InChI is InChI=1S/C22H20N2O3.CH4/c1-13-17-10-20(26-2)21(27-3)11-18(17)19(22(25)24-13)9-14-4-5-16-12-23-7-6-15(16)8-14;/h4-8,10-12H,9H2,1-3H3,(H,24,25);1H4. The molecular weight excluding hydrogens is 352 g/mol. The van der Waals surface area contributed by atoms with Crippen LogP contribution in [0.1, 0.15) is 24.2 Å². The number of hydrogen-bond acceptors (Lipinski definition) is 4. The summed E-state index contributed by atoms with van der Waals surface area (Å²) in [6, 6.07) is 11.9. The first kappa shape index (κ1) is 19.4. The zero-order valence-electron chi connectivity index (χ0n) is 15.5. The maximum atomic E-state index is 12.7. The summed E-state index contributed by atoms with van der Waals surface area (Å²) in [6.07, 6.45) is 4.14. The van der Waals surface area contributed by atoms with Gasteiger partial charge in [0.05, 0.1) is 14.2 Å². The average Bonchev–Trinajstić information content (AvgIpc) is 2.70. The van der Waals surface area contributed by atoms with Crippen LogP contribution in [0.25, 0.3) is 21.5 Å². The third kappa shape index (κ3) is 3.31. The van der Waals surface area contributed by atoms with Crippen molar-refractivity contribution in [2.45, 2.75) is 20.8 Å². The van der Waals surface area contributed by atoms with E-state index in [4.69, 9.17) is 9.47 Å². The summed E-state index contributed by atoms with van der Waals surface area (Å²) in [4.78, 5) is 19.9. The van der Waals surface area contributed by atoms with Gasteiger partial charge in [0.25, 0.3) is 5.56 Å². The number of nitrogens with one attached hydrogen (secondary N) is 1. The molecule has 4 rings (SSSR count). The Morgan fingerprint density at radius 3 is 2.39 bits per heavy atom. The van der Waals surface area contributed by atoms with E-state index in [0.717, 1.165) is 32.8 Å². The van der Waals surface area contributed by atoms with Crippen LogP contribution in [0.15, 0.2) is 53.6 Å². The number of benzene rings is 2. The molecule has 0 radical (unpaired) electrons. The number of nitrogens with zero attached hydrogens (tertiary/aromatic N) is 1. The lowest BCUT2D eigenvalue weighted by Crippen LogP contribution is -2.15. The van der Waals surface area contributed by atoms with Crippen molar-refractivity contribution < 1.29 is 9.47 Å². The Kier molecular flexibility index (Phi) is 5.36. The Hall–Kier alpha value is -3.34. The Morgan fingerprint density at radius 1 is 0.964 bits per heavy atom. The lowest BCUT2D eigenvalue weighted by molar-refractivity contribution is 0.356. The highest BCUT2D eigenvalue weighted by molar-refractivity contribution is 5.91. The van der Waals surface area contributed by atoms with Crippen molar-refractivity contribution in [1.29, 1.82) is 0 Å². The maximum Gasteiger partial charge on any atom is 0.252 e. The molecule has 5 heteroatoms. The van der Waals surface area contributed by atoms with Crippen molar-refractivity contribution in [3.8, 4) is 11.5 Å². The van der Waals surface area contributed by atoms with Gasteiger partial charge in [-0.15, -0.1) is 0 Å². The fraction of sp³-hybridized carbons (Fsp3) is 0.217. The topological polar surface area (TPSA) is 64.2 Å². The number of H-pyrrole nitrogens is 1. The van der Waals surface area contributed by atoms with Crippen molar-refractivity contribution in [2.75, 3.05) is 14.2 Å². The molecule has 4 aromatic rings. The molecule has 2 aromatic heterocycles. The number of aromatic nitrogens is 2. The minimum Gasteiger partial charge on any atom is -0.493 e. The van der Waals surface area contributed by atoms with Gasteiger partial charge in [-0.2, -0.15) is 0 Å². The summed E-state index contributed by atoms with van der Waals surface area (Å²) in [5.74, 6) is 1.25. The molecule has 0 amide bonds. The number of rotatable bonds is 4. The van der Waals surface area contributed by atoms with Gasteiger partial charge in [0.1, 0.15) is 0 Å². The fourth-order valence-corrected chi connectivity index (χ4v) is 3.50. The normalized spacial score (nSPS) is 10.7. The quantitative estimate of drug-likeness (QED) is 0.564. The molecule has 5 nitrogen and oxygen atoms in total. The second-order valence-corrected chi connectivity index (χ2v) is 6.54. The third-order valence-corrected chi connectivity index (χ3v) is 4.91. The second-order valence-electron chi connectivity index (χ2n) is 6.54. The van der Waals surface area contributed by atoms with Crippen molar-refractivity contribution in [3.05, 3.63) is 76.0 Å². The summed E-state index contributed by atoms with van der Waals surface area (Å²) < 4.78 is 10.9. The van der Waals surface area contributed by atoms with Crippen molar-refractivity contribution >= 4 is 21.5 Å². The highest BCUT2D eigenvalue weighted by atomic mass is 16.5. The monoisotopic (exact) mass is 376 g/mol. The van der Waals surface area contributed by atoms with Crippen LogP contribution in [-0.2, 0) is 6.42 Å². The number of ether oxygens (including phenoxy) is 2. The summed E-state index contributed by atoms with van der Waals surface area (Å²) in [7, 11) is 3.20. The van der Waals surface area contributed by atoms with Gasteiger partial charge in [-0.3, -0.25) is 9.78 Å². The summed E-state index contributed by atoms with van der Waals surface area (Å²) in [5, 5.41) is 4.01. The van der Waals surface area contributed by atoms with E-state index in [0.29, 0.717) is 23.5 Å². The zero-order valence-corrected chi connectivity index (χ0v) is 15.5. The SMILES string of the molecule is C.COc1cc2c(C)[nH]c(=O)c(Cc3ccc4cnccc4c3)c2cc1OC. The Morgan fingerprint density at radius 2 is 1.68 bits per heavy atom. The molecule has 0 spiro atoms. The van der Waals surface area contributed by atoms with Gasteiger partial charge < -0.3 is 14.5 Å². The summed E-state index contributed by atoms with van der Waals surface area (Å²) in [5.41, 5.74) is 2.51. The molecule has 144 valence electrons. The Bertz CT molecular complexity index is 1210. The van der Waals surface area contributed by atoms with E-state index < -0.39 is 0 Å². The van der Waals surface area contributed by atoms with E-state index in [1.807, 2.05) is 43.5 Å². The molecule has 28 heavy (non-hydrogen) atoms. The van der Waals surface area contributed by atoms with Crippen LogP contribution in [0.2, 0.25) is 0 Å². The summed E-state index contributed by atoms with van der Waals surface area (Å²) in [6.45, 7) is 1.89. The van der Waals surface area contributed by atoms with Gasteiger partial charge in [-0.1, -0.05) is 25.6 Å². The fourth-order valence-electron chi connectivity index (χ4n) is 3.50. The molecule has 0 saturated carbocycles. The predicted molar refractivity (Wildman–Crippen MR) is 114 cm³/mol. The highest BCUT2D eigenvalue weighted by Crippen LogP contribution is 2.34. The Labute approximate surface area is 164 Å². The van der Waals surface area contributed by atoms with Crippen molar-refractivity contribution in [1.82, 2.24) is 9.97 Å². The molecule has 0 unspecified atom stereocenters. The molecule has 0 bridgehead atoms. The van der Waals surface area contributed by atoms with E-state index in [-0.39, 0.29) is 13.0 Å². The number of methoxy groups -OCH3 is 2. The largest absolute Gasteiger partial charge is 0.493 e. The zero-order chi connectivity index (χ0) is 19.0. The van der Waals surface area contributed by atoms with E-state index >= 15 is 0 Å². The minimum atomic E-state index is -0.0814. The van der Waals surface area contributed by atoms with Gasteiger partial charge in [0.2, 0.25) is 0 Å². The van der Waals surface area contributed by atoms with Gasteiger partial charge in [0, 0.05) is 40.8 Å². The number of fused-ring (bicyclic) bond motifs is 2. The molecule has 0 aliphatic heterocycles. The van der Waals surface area contributed by atoms with Crippen LogP contribution in [-0.4, -0.2) is 24.2 Å². The number of hydrogen-bond donors (Lipinski definition) is 1. The second kappa shape index (κ2) is 7.72. The van der Waals surface area contributed by atoms with Gasteiger partial charge in [-0.05, 0) is 41.5 Å². The lowest BCUT2D eigenvalue weighted by Gasteiger charge is -2.13. The number of pyridine rings is 2. The third-order valence-electron chi connectivity index (χ3n) is 4.91. The lowest BCUT2D eigenvalue weighted by atomic mass is 9.97. The van der Waals surface area contributed by atoms with E-state index in [9.17, 15) is 4.79 Å².